The first-order valence-electron chi connectivity index (χ1n) is 18.5. The summed E-state index contributed by atoms with van der Waals surface area (Å²) in [4.78, 5) is 5.29. The zero-order chi connectivity index (χ0) is 35.8. The molecule has 2 heterocycles. The highest BCUT2D eigenvalue weighted by Crippen LogP contribution is 2.47. The van der Waals surface area contributed by atoms with Gasteiger partial charge in [0.1, 0.15) is 0 Å². The van der Waals surface area contributed by atoms with Crippen LogP contribution in [0.3, 0.4) is 0 Å². The van der Waals surface area contributed by atoms with Crippen molar-refractivity contribution in [2.24, 2.45) is 0 Å². The first kappa shape index (κ1) is 32.4. The van der Waals surface area contributed by atoms with Crippen LogP contribution in [0, 0.1) is 11.3 Å². The smallest absolute Gasteiger partial charge is 0.192 e. The number of benzene rings is 7. The molecule has 4 heteroatoms. The number of rotatable bonds is 3. The minimum absolute atomic E-state index is 0.0653. The molecule has 0 fully saturated rings. The van der Waals surface area contributed by atoms with Gasteiger partial charge in [0.25, 0.3) is 0 Å². The number of hydrogen-bond acceptors (Lipinski definition) is 3. The van der Waals surface area contributed by atoms with Crippen molar-refractivity contribution >= 4 is 63.5 Å². The quantitative estimate of drug-likeness (QED) is 0.170. The molecule has 252 valence electrons. The normalized spacial score (nSPS) is 13.9. The van der Waals surface area contributed by atoms with Gasteiger partial charge in [0, 0.05) is 19.6 Å². The van der Waals surface area contributed by atoms with Crippen molar-refractivity contribution in [3.05, 3.63) is 156 Å². The summed E-state index contributed by atoms with van der Waals surface area (Å²) in [7, 11) is 0. The third kappa shape index (κ3) is 5.32. The van der Waals surface area contributed by atoms with Gasteiger partial charge >= 0.3 is 0 Å². The standard InChI is InChI=1S/C49H36BNS2/c1-49(2,3)35-21-22-41-43(28-35)53-45-27-33(26-44-48(45)50(41)40-19-11-12-20-42(40)52-44)32-23-30(29-51)24-34(25-32)47-38-17-9-7-15-36(38)46(31-13-5-4-6-14-31)37-16-8-10-18-39(37)47/h4-9,11-17,19-28H,10,18H2,1-3H3. The van der Waals surface area contributed by atoms with Gasteiger partial charge in [0.2, 0.25) is 6.71 Å². The molecule has 2 aliphatic heterocycles. The van der Waals surface area contributed by atoms with E-state index in [1.165, 1.54) is 80.1 Å². The van der Waals surface area contributed by atoms with Crippen LogP contribution in [-0.4, -0.2) is 6.71 Å². The predicted octanol–water partition coefficient (Wildman–Crippen LogP) is 11.4. The Labute approximate surface area is 320 Å². The van der Waals surface area contributed by atoms with Gasteiger partial charge in [-0.1, -0.05) is 152 Å². The molecule has 3 aliphatic rings. The highest BCUT2D eigenvalue weighted by molar-refractivity contribution is 8.01. The van der Waals surface area contributed by atoms with Crippen molar-refractivity contribution in [3.63, 3.8) is 0 Å². The van der Waals surface area contributed by atoms with Crippen LogP contribution in [-0.2, 0) is 11.8 Å². The molecule has 1 nitrogen and oxygen atoms in total. The molecule has 0 unspecified atom stereocenters. The molecule has 1 aliphatic carbocycles. The van der Waals surface area contributed by atoms with Crippen molar-refractivity contribution in [2.75, 3.05) is 0 Å². The second-order valence-corrected chi connectivity index (χ2v) is 17.6. The lowest BCUT2D eigenvalue weighted by Gasteiger charge is -2.34. The highest BCUT2D eigenvalue weighted by Gasteiger charge is 2.38. The monoisotopic (exact) mass is 713 g/mol. The Balaban J connectivity index is 1.19. The van der Waals surface area contributed by atoms with E-state index in [2.05, 4.69) is 166 Å². The van der Waals surface area contributed by atoms with E-state index in [-0.39, 0.29) is 12.1 Å². The molecular formula is C49H36BNS2. The van der Waals surface area contributed by atoms with E-state index >= 15 is 0 Å². The van der Waals surface area contributed by atoms with Crippen LogP contribution in [0.15, 0.2) is 153 Å². The van der Waals surface area contributed by atoms with Gasteiger partial charge in [-0.3, -0.25) is 0 Å². The lowest BCUT2D eigenvalue weighted by molar-refractivity contribution is 0.589. The first-order valence-corrected chi connectivity index (χ1v) is 20.1. The molecule has 53 heavy (non-hydrogen) atoms. The summed E-state index contributed by atoms with van der Waals surface area (Å²) in [6.45, 7) is 7.09. The largest absolute Gasteiger partial charge is 0.247 e. The fraction of sp³-hybridized carbons (Fsp3) is 0.122. The molecule has 0 amide bonds. The Kier molecular flexibility index (Phi) is 7.62. The molecule has 0 spiro atoms. The van der Waals surface area contributed by atoms with E-state index in [9.17, 15) is 5.26 Å². The zero-order valence-corrected chi connectivity index (χ0v) is 31.7. The molecule has 0 saturated carbocycles. The summed E-state index contributed by atoms with van der Waals surface area (Å²) in [6, 6.07) is 49.6. The molecule has 0 saturated heterocycles. The van der Waals surface area contributed by atoms with Gasteiger partial charge in [-0.2, -0.15) is 5.26 Å². The predicted molar refractivity (Wildman–Crippen MR) is 227 cm³/mol. The molecule has 7 aromatic rings. The van der Waals surface area contributed by atoms with E-state index in [4.69, 9.17) is 0 Å². The lowest BCUT2D eigenvalue weighted by Crippen LogP contribution is -2.58. The minimum Gasteiger partial charge on any atom is -0.192 e. The van der Waals surface area contributed by atoms with E-state index in [1.807, 2.05) is 23.5 Å². The number of nitriles is 1. The summed E-state index contributed by atoms with van der Waals surface area (Å²) in [5.41, 5.74) is 16.1. The van der Waals surface area contributed by atoms with Gasteiger partial charge in [-0.05, 0) is 127 Å². The van der Waals surface area contributed by atoms with Crippen LogP contribution in [0.4, 0.5) is 0 Å². The SMILES string of the molecule is CC(C)(C)c1ccc2c(c1)Sc1cc(-c3cc(C#N)cc(-c4c5c(c(-c6ccccc6)c6ccccc46)C=CCC5)c3)cc3c1B2c1ccccc1S3. The van der Waals surface area contributed by atoms with Crippen molar-refractivity contribution in [3.8, 4) is 39.4 Å². The summed E-state index contributed by atoms with van der Waals surface area (Å²) in [5, 5.41) is 13.0. The third-order valence-electron chi connectivity index (χ3n) is 11.2. The Morgan fingerprint density at radius 2 is 1.26 bits per heavy atom. The average molecular weight is 714 g/mol. The summed E-state index contributed by atoms with van der Waals surface area (Å²) < 4.78 is 0. The van der Waals surface area contributed by atoms with Crippen molar-refractivity contribution in [1.82, 2.24) is 0 Å². The zero-order valence-electron chi connectivity index (χ0n) is 30.0. The summed E-state index contributed by atoms with van der Waals surface area (Å²) in [5.74, 6) is 0. The topological polar surface area (TPSA) is 23.8 Å². The highest BCUT2D eigenvalue weighted by atomic mass is 32.2. The third-order valence-corrected chi connectivity index (χ3v) is 13.5. The van der Waals surface area contributed by atoms with Crippen LogP contribution in [0.5, 0.6) is 0 Å². The fourth-order valence-corrected chi connectivity index (χ4v) is 11.2. The summed E-state index contributed by atoms with van der Waals surface area (Å²) >= 11 is 3.79. The lowest BCUT2D eigenvalue weighted by atomic mass is 9.36. The Hall–Kier alpha value is -5.21. The maximum absolute atomic E-state index is 10.5. The fourth-order valence-electron chi connectivity index (χ4n) is 8.71. The van der Waals surface area contributed by atoms with Crippen molar-refractivity contribution in [1.29, 1.82) is 5.26 Å². The molecule has 0 atom stereocenters. The van der Waals surface area contributed by atoms with Gasteiger partial charge < -0.3 is 0 Å². The second kappa shape index (κ2) is 12.4. The van der Waals surface area contributed by atoms with Gasteiger partial charge in [-0.25, -0.2) is 0 Å². The summed E-state index contributed by atoms with van der Waals surface area (Å²) in [6.07, 6.45) is 6.60. The number of allylic oxidation sites excluding steroid dienone is 1. The molecule has 7 aromatic carbocycles. The molecule has 0 N–H and O–H groups in total. The number of nitrogens with zero attached hydrogens (tertiary/aromatic N) is 1. The van der Waals surface area contributed by atoms with E-state index < -0.39 is 0 Å². The molecule has 0 radical (unpaired) electrons. The number of fused-ring (bicyclic) bond motifs is 6. The Morgan fingerprint density at radius 1 is 0.604 bits per heavy atom. The maximum Gasteiger partial charge on any atom is 0.247 e. The van der Waals surface area contributed by atoms with E-state index in [0.29, 0.717) is 5.56 Å². The number of hydrogen-bond donors (Lipinski definition) is 0. The van der Waals surface area contributed by atoms with Crippen LogP contribution in [0.25, 0.3) is 50.2 Å². The molecule has 0 bridgehead atoms. The van der Waals surface area contributed by atoms with Crippen molar-refractivity contribution < 1.29 is 0 Å². The Bertz CT molecular complexity index is 2730. The first-order chi connectivity index (χ1) is 25.9. The van der Waals surface area contributed by atoms with Gasteiger partial charge in [0.05, 0.1) is 11.6 Å². The van der Waals surface area contributed by atoms with Crippen LogP contribution in [0.1, 0.15) is 49.4 Å². The Morgan fingerprint density at radius 3 is 2.04 bits per heavy atom. The minimum atomic E-state index is 0.0653. The van der Waals surface area contributed by atoms with Gasteiger partial charge in [0.15, 0.2) is 0 Å². The van der Waals surface area contributed by atoms with E-state index in [0.717, 1.165) is 29.5 Å². The average Bonchev–Trinajstić information content (AvgIpc) is 3.19. The molecule has 0 aromatic heterocycles. The molecular weight excluding hydrogens is 677 g/mol. The van der Waals surface area contributed by atoms with Gasteiger partial charge in [-0.15, -0.1) is 0 Å². The van der Waals surface area contributed by atoms with E-state index in [1.54, 1.807) is 0 Å². The van der Waals surface area contributed by atoms with Crippen LogP contribution >= 0.6 is 23.5 Å². The molecule has 10 rings (SSSR count). The van der Waals surface area contributed by atoms with Crippen LogP contribution in [0.2, 0.25) is 0 Å². The maximum atomic E-state index is 10.5. The van der Waals surface area contributed by atoms with Crippen LogP contribution < -0.4 is 16.4 Å². The second-order valence-electron chi connectivity index (χ2n) is 15.5. The van der Waals surface area contributed by atoms with Crippen molar-refractivity contribution in [2.45, 2.75) is 58.6 Å².